The molecule has 1 aromatic carbocycles. The van der Waals surface area contributed by atoms with Crippen LogP contribution < -0.4 is 14.2 Å². The molecule has 0 radical (unpaired) electrons. The topological polar surface area (TPSA) is 69.3 Å². The first-order valence-electron chi connectivity index (χ1n) is 7.35. The number of fused-ring (bicyclic) bond motifs is 2. The van der Waals surface area contributed by atoms with Crippen molar-refractivity contribution >= 4 is 22.8 Å². The molecule has 1 aliphatic heterocycles. The summed E-state index contributed by atoms with van der Waals surface area (Å²) in [6.07, 6.45) is -1.87. The Balaban J connectivity index is 1.53. The maximum absolute atomic E-state index is 13.1. The third-order valence-corrected chi connectivity index (χ3v) is 4.58. The summed E-state index contributed by atoms with van der Waals surface area (Å²) in [7, 11) is 1.62. The minimum absolute atomic E-state index is 0.0114. The van der Waals surface area contributed by atoms with E-state index in [9.17, 15) is 8.78 Å². The van der Waals surface area contributed by atoms with Crippen molar-refractivity contribution in [2.45, 2.75) is 24.1 Å². The van der Waals surface area contributed by atoms with Crippen LogP contribution in [0.15, 0.2) is 29.6 Å². The second-order valence-corrected chi connectivity index (χ2v) is 6.42. The zero-order valence-corrected chi connectivity index (χ0v) is 14.1. The minimum Gasteiger partial charge on any atom is -0.496 e. The molecule has 0 aliphatic carbocycles. The molecule has 0 fully saturated rings. The van der Waals surface area contributed by atoms with E-state index in [2.05, 4.69) is 24.4 Å². The molecule has 3 aromatic rings. The van der Waals surface area contributed by atoms with Gasteiger partial charge >= 0.3 is 6.29 Å². The predicted molar refractivity (Wildman–Crippen MR) is 87.4 cm³/mol. The molecule has 0 saturated heterocycles. The number of ether oxygens (including phenoxy) is 3. The molecule has 0 spiro atoms. The lowest BCUT2D eigenvalue weighted by atomic mass is 10.2. The molecule has 130 valence electrons. The monoisotopic (exact) mass is 365 g/mol. The van der Waals surface area contributed by atoms with Crippen molar-refractivity contribution in [3.05, 3.63) is 35.7 Å². The van der Waals surface area contributed by atoms with Gasteiger partial charge in [-0.1, -0.05) is 11.8 Å². The molecular formula is C16H13F2N3O3S. The van der Waals surface area contributed by atoms with Crippen LogP contribution in [0.25, 0.3) is 11.0 Å². The van der Waals surface area contributed by atoms with E-state index in [1.54, 1.807) is 13.3 Å². The van der Waals surface area contributed by atoms with Crippen molar-refractivity contribution in [3.8, 4) is 17.2 Å². The van der Waals surface area contributed by atoms with Crippen molar-refractivity contribution in [3.63, 3.8) is 0 Å². The Morgan fingerprint density at radius 3 is 2.76 bits per heavy atom. The molecule has 0 saturated carbocycles. The van der Waals surface area contributed by atoms with Gasteiger partial charge in [0, 0.05) is 35.7 Å². The molecule has 0 atom stereocenters. The van der Waals surface area contributed by atoms with Crippen LogP contribution in [0.4, 0.5) is 8.78 Å². The van der Waals surface area contributed by atoms with Gasteiger partial charge in [-0.3, -0.25) is 4.98 Å². The largest absolute Gasteiger partial charge is 0.586 e. The number of aromatic amines is 1. The van der Waals surface area contributed by atoms with Crippen molar-refractivity contribution < 1.29 is 23.0 Å². The van der Waals surface area contributed by atoms with Crippen LogP contribution in [-0.2, 0) is 5.75 Å². The SMILES string of the molecule is COc1cc(CSc2nc3cc4c(cc3[nH]2)OC(F)(F)O4)ncc1C. The van der Waals surface area contributed by atoms with Gasteiger partial charge in [0.15, 0.2) is 16.7 Å². The normalized spacial score (nSPS) is 14.9. The van der Waals surface area contributed by atoms with E-state index >= 15 is 0 Å². The van der Waals surface area contributed by atoms with Crippen LogP contribution in [0.3, 0.4) is 0 Å². The highest BCUT2D eigenvalue weighted by Gasteiger charge is 2.43. The summed E-state index contributed by atoms with van der Waals surface area (Å²) in [5, 5.41) is 0.645. The Hall–Kier alpha value is -2.55. The number of hydrogen-bond acceptors (Lipinski definition) is 6. The lowest BCUT2D eigenvalue weighted by Crippen LogP contribution is -2.25. The first-order valence-corrected chi connectivity index (χ1v) is 8.34. The fourth-order valence-corrected chi connectivity index (χ4v) is 3.27. The lowest BCUT2D eigenvalue weighted by molar-refractivity contribution is -0.286. The Morgan fingerprint density at radius 1 is 1.24 bits per heavy atom. The van der Waals surface area contributed by atoms with Crippen LogP contribution in [0.1, 0.15) is 11.3 Å². The summed E-state index contributed by atoms with van der Waals surface area (Å²) < 4.78 is 40.3. The fourth-order valence-electron chi connectivity index (χ4n) is 2.49. The number of pyridine rings is 1. The van der Waals surface area contributed by atoms with Gasteiger partial charge in [0.25, 0.3) is 0 Å². The van der Waals surface area contributed by atoms with Gasteiger partial charge in [0.05, 0.1) is 23.8 Å². The number of rotatable bonds is 4. The number of aromatic nitrogens is 3. The molecule has 4 rings (SSSR count). The maximum Gasteiger partial charge on any atom is 0.586 e. The lowest BCUT2D eigenvalue weighted by Gasteiger charge is -2.05. The average Bonchev–Trinajstić information content (AvgIpc) is 3.08. The molecule has 0 bridgehead atoms. The van der Waals surface area contributed by atoms with Gasteiger partial charge in [0.2, 0.25) is 0 Å². The van der Waals surface area contributed by atoms with Gasteiger partial charge < -0.3 is 19.2 Å². The standard InChI is InChI=1S/C16H13F2N3O3S/c1-8-6-19-9(3-12(8)22-2)7-25-15-20-10-4-13-14(5-11(10)21-15)24-16(17,18)23-13/h3-6H,7H2,1-2H3,(H,20,21). The molecule has 3 heterocycles. The van der Waals surface area contributed by atoms with Crippen LogP contribution in [0.2, 0.25) is 0 Å². The quantitative estimate of drug-likeness (QED) is 0.708. The van der Waals surface area contributed by atoms with Crippen molar-refractivity contribution in [1.29, 1.82) is 0 Å². The molecule has 6 nitrogen and oxygen atoms in total. The molecule has 0 unspecified atom stereocenters. The summed E-state index contributed by atoms with van der Waals surface area (Å²) in [5.74, 6) is 1.33. The Labute approximate surface area is 145 Å². The number of halogens is 2. The minimum atomic E-state index is -3.63. The number of alkyl halides is 2. The Morgan fingerprint density at radius 2 is 2.00 bits per heavy atom. The summed E-state index contributed by atoms with van der Waals surface area (Å²) in [5.41, 5.74) is 2.93. The average molecular weight is 365 g/mol. The van der Waals surface area contributed by atoms with Crippen LogP contribution >= 0.6 is 11.8 Å². The zero-order chi connectivity index (χ0) is 17.6. The van der Waals surface area contributed by atoms with Crippen LogP contribution in [-0.4, -0.2) is 28.4 Å². The summed E-state index contributed by atoms with van der Waals surface area (Å²) >= 11 is 1.45. The summed E-state index contributed by atoms with van der Waals surface area (Å²) in [6.45, 7) is 1.93. The van der Waals surface area contributed by atoms with Gasteiger partial charge in [-0.2, -0.15) is 0 Å². The smallest absolute Gasteiger partial charge is 0.496 e. The van der Waals surface area contributed by atoms with E-state index in [0.717, 1.165) is 17.0 Å². The van der Waals surface area contributed by atoms with E-state index in [1.807, 2.05) is 13.0 Å². The van der Waals surface area contributed by atoms with E-state index in [4.69, 9.17) is 4.74 Å². The van der Waals surface area contributed by atoms with E-state index in [-0.39, 0.29) is 11.5 Å². The van der Waals surface area contributed by atoms with Crippen molar-refractivity contribution in [1.82, 2.24) is 15.0 Å². The number of methoxy groups -OCH3 is 1. The molecule has 25 heavy (non-hydrogen) atoms. The van der Waals surface area contributed by atoms with Crippen molar-refractivity contribution in [2.24, 2.45) is 0 Å². The third kappa shape index (κ3) is 3.07. The first-order chi connectivity index (χ1) is 11.9. The highest BCUT2D eigenvalue weighted by Crippen LogP contribution is 2.43. The molecular weight excluding hydrogens is 352 g/mol. The third-order valence-electron chi connectivity index (χ3n) is 3.67. The highest BCUT2D eigenvalue weighted by molar-refractivity contribution is 7.98. The highest BCUT2D eigenvalue weighted by atomic mass is 32.2. The molecule has 2 aromatic heterocycles. The zero-order valence-electron chi connectivity index (χ0n) is 13.3. The number of benzene rings is 1. The second kappa shape index (κ2) is 5.76. The second-order valence-electron chi connectivity index (χ2n) is 5.46. The van der Waals surface area contributed by atoms with Gasteiger partial charge in [-0.25, -0.2) is 4.98 Å². The summed E-state index contributed by atoms with van der Waals surface area (Å²) in [4.78, 5) is 11.8. The van der Waals surface area contributed by atoms with Crippen LogP contribution in [0.5, 0.6) is 17.2 Å². The van der Waals surface area contributed by atoms with Gasteiger partial charge in [-0.15, -0.1) is 8.78 Å². The number of H-pyrrole nitrogens is 1. The van der Waals surface area contributed by atoms with Crippen molar-refractivity contribution in [2.75, 3.05) is 7.11 Å². The number of aryl methyl sites for hydroxylation is 1. The first kappa shape index (κ1) is 15.9. The van der Waals surface area contributed by atoms with E-state index < -0.39 is 6.29 Å². The van der Waals surface area contributed by atoms with Crippen LogP contribution in [0, 0.1) is 6.92 Å². The van der Waals surface area contributed by atoms with Gasteiger partial charge in [0.1, 0.15) is 5.75 Å². The molecule has 9 heteroatoms. The number of imidazole rings is 1. The molecule has 0 amide bonds. The summed E-state index contributed by atoms with van der Waals surface area (Å²) in [6, 6.07) is 4.76. The number of thioether (sulfide) groups is 1. The predicted octanol–water partition coefficient (Wildman–Crippen LogP) is 3.89. The Kier molecular flexibility index (Phi) is 3.68. The number of nitrogens with one attached hydrogen (secondary N) is 1. The number of hydrogen-bond donors (Lipinski definition) is 1. The molecule has 1 N–H and O–H groups in total. The fraction of sp³-hybridized carbons (Fsp3) is 0.250. The van der Waals surface area contributed by atoms with E-state index in [1.165, 1.54) is 23.9 Å². The Bertz CT molecular complexity index is 916. The maximum atomic E-state index is 13.1. The van der Waals surface area contributed by atoms with Gasteiger partial charge in [-0.05, 0) is 6.92 Å². The molecule has 1 aliphatic rings. The van der Waals surface area contributed by atoms with E-state index in [0.29, 0.717) is 21.9 Å². The number of nitrogens with zero attached hydrogens (tertiary/aromatic N) is 2.